The molecule has 0 fully saturated rings. The summed E-state index contributed by atoms with van der Waals surface area (Å²) in [6.07, 6.45) is 0.358. The fourth-order valence-electron chi connectivity index (χ4n) is 2.44. The normalized spacial score (nSPS) is 13.0. The molecule has 26 heavy (non-hydrogen) atoms. The molecule has 2 unspecified atom stereocenters. The van der Waals surface area contributed by atoms with E-state index in [1.165, 1.54) is 7.11 Å². The number of carboxylic acids is 2. The number of carbonyl (C=O) groups is 3. The molecule has 144 valence electrons. The second-order valence-electron chi connectivity index (χ2n) is 5.84. The van der Waals surface area contributed by atoms with Gasteiger partial charge in [0.2, 0.25) is 5.91 Å². The molecule has 0 aliphatic carbocycles. The number of carbonyl (C=O) groups excluding carboxylic acids is 1. The summed E-state index contributed by atoms with van der Waals surface area (Å²) in [7, 11) is 1.51. The molecule has 8 heteroatoms. The van der Waals surface area contributed by atoms with Crippen LogP contribution < -0.4 is 5.32 Å². The first-order valence-corrected chi connectivity index (χ1v) is 8.27. The van der Waals surface area contributed by atoms with Gasteiger partial charge in [0.15, 0.2) is 0 Å². The molecule has 1 aromatic carbocycles. The summed E-state index contributed by atoms with van der Waals surface area (Å²) in [4.78, 5) is 34.5. The summed E-state index contributed by atoms with van der Waals surface area (Å²) in [6.45, 7) is 0.0517. The number of nitrogens with one attached hydrogen (secondary N) is 1. The molecule has 0 radical (unpaired) electrons. The third-order valence-electron chi connectivity index (χ3n) is 3.78. The van der Waals surface area contributed by atoms with Gasteiger partial charge in [0, 0.05) is 13.0 Å². The van der Waals surface area contributed by atoms with Gasteiger partial charge >= 0.3 is 11.9 Å². The van der Waals surface area contributed by atoms with Crippen molar-refractivity contribution >= 4 is 17.8 Å². The van der Waals surface area contributed by atoms with Gasteiger partial charge in [-0.2, -0.15) is 0 Å². The lowest BCUT2D eigenvalue weighted by Crippen LogP contribution is -2.38. The highest BCUT2D eigenvalue weighted by Gasteiger charge is 2.28. The first kappa shape index (κ1) is 21.6. The predicted octanol–water partition coefficient (Wildman–Crippen LogP) is 0.800. The van der Waals surface area contributed by atoms with Gasteiger partial charge in [0.1, 0.15) is 6.54 Å². The molecule has 2 atom stereocenters. The van der Waals surface area contributed by atoms with Gasteiger partial charge in [-0.3, -0.25) is 14.4 Å². The molecule has 0 aliphatic rings. The molecule has 8 nitrogen and oxygen atoms in total. The van der Waals surface area contributed by atoms with Crippen LogP contribution in [0.3, 0.4) is 0 Å². The smallest absolute Gasteiger partial charge is 0.322 e. The second kappa shape index (κ2) is 12.0. The van der Waals surface area contributed by atoms with E-state index < -0.39 is 36.2 Å². The maximum Gasteiger partial charge on any atom is 0.322 e. The number of carboxylic acid groups (broad SMARTS) is 2. The van der Waals surface area contributed by atoms with Crippen LogP contribution in [0.4, 0.5) is 0 Å². The molecular formula is C18H25NO7. The lowest BCUT2D eigenvalue weighted by atomic mass is 9.89. The number of rotatable bonds is 13. The van der Waals surface area contributed by atoms with Crippen LogP contribution in [-0.2, 0) is 30.3 Å². The van der Waals surface area contributed by atoms with Crippen molar-refractivity contribution in [3.8, 4) is 0 Å². The van der Waals surface area contributed by atoms with E-state index >= 15 is 0 Å². The molecule has 0 spiro atoms. The van der Waals surface area contributed by atoms with Crippen LogP contribution >= 0.6 is 0 Å². The van der Waals surface area contributed by atoms with Gasteiger partial charge in [-0.15, -0.1) is 0 Å². The minimum Gasteiger partial charge on any atom is -0.481 e. The number of methoxy groups -OCH3 is 1. The third kappa shape index (κ3) is 8.59. The molecule has 1 rings (SSSR count). The predicted molar refractivity (Wildman–Crippen MR) is 92.7 cm³/mol. The molecule has 0 heterocycles. The van der Waals surface area contributed by atoms with Crippen molar-refractivity contribution in [1.82, 2.24) is 5.32 Å². The highest BCUT2D eigenvalue weighted by Crippen LogP contribution is 2.19. The first-order valence-electron chi connectivity index (χ1n) is 8.27. The van der Waals surface area contributed by atoms with E-state index in [4.69, 9.17) is 14.6 Å². The highest BCUT2D eigenvalue weighted by molar-refractivity contribution is 5.83. The Hall–Kier alpha value is -2.45. The van der Waals surface area contributed by atoms with Crippen LogP contribution in [0.25, 0.3) is 0 Å². The van der Waals surface area contributed by atoms with E-state index in [0.717, 1.165) is 5.56 Å². The summed E-state index contributed by atoms with van der Waals surface area (Å²) in [6, 6.07) is 9.16. The maximum atomic E-state index is 12.4. The van der Waals surface area contributed by atoms with E-state index in [-0.39, 0.29) is 19.6 Å². The molecule has 1 amide bonds. The number of aliphatic carboxylic acids is 2. The Labute approximate surface area is 152 Å². The van der Waals surface area contributed by atoms with Gasteiger partial charge in [0.05, 0.1) is 25.7 Å². The van der Waals surface area contributed by atoms with E-state index in [1.807, 2.05) is 30.3 Å². The van der Waals surface area contributed by atoms with Crippen molar-refractivity contribution in [3.05, 3.63) is 35.9 Å². The van der Waals surface area contributed by atoms with Gasteiger partial charge in [-0.1, -0.05) is 30.3 Å². The summed E-state index contributed by atoms with van der Waals surface area (Å²) >= 11 is 0. The topological polar surface area (TPSA) is 122 Å². The average molecular weight is 367 g/mol. The molecule has 0 bridgehead atoms. The molecule has 0 aromatic heterocycles. The number of hydrogen-bond donors (Lipinski definition) is 3. The largest absolute Gasteiger partial charge is 0.481 e. The maximum absolute atomic E-state index is 12.4. The zero-order valence-electron chi connectivity index (χ0n) is 14.7. The fourth-order valence-corrected chi connectivity index (χ4v) is 2.44. The molecule has 3 N–H and O–H groups in total. The highest BCUT2D eigenvalue weighted by atomic mass is 16.5. The average Bonchev–Trinajstić information content (AvgIpc) is 2.61. The Bertz CT molecular complexity index is 576. The summed E-state index contributed by atoms with van der Waals surface area (Å²) < 4.78 is 10.1. The number of hydrogen-bond acceptors (Lipinski definition) is 5. The number of ether oxygens (including phenoxy) is 2. The van der Waals surface area contributed by atoms with Gasteiger partial charge < -0.3 is 25.0 Å². The summed E-state index contributed by atoms with van der Waals surface area (Å²) in [5, 5.41) is 20.5. The lowest BCUT2D eigenvalue weighted by molar-refractivity contribution is -0.146. The third-order valence-corrected chi connectivity index (χ3v) is 3.78. The Morgan fingerprint density at radius 1 is 1.08 bits per heavy atom. The van der Waals surface area contributed by atoms with Crippen molar-refractivity contribution in [2.24, 2.45) is 11.8 Å². The quantitative estimate of drug-likeness (QED) is 0.441. The monoisotopic (exact) mass is 367 g/mol. The van der Waals surface area contributed by atoms with Gasteiger partial charge in [-0.05, 0) is 18.4 Å². The Morgan fingerprint density at radius 2 is 1.77 bits per heavy atom. The number of amides is 1. The summed E-state index contributed by atoms with van der Waals surface area (Å²) in [5.41, 5.74) is 0.868. The van der Waals surface area contributed by atoms with Crippen molar-refractivity contribution < 1.29 is 34.1 Å². The van der Waals surface area contributed by atoms with Crippen LogP contribution in [0, 0.1) is 11.8 Å². The molecule has 0 aliphatic heterocycles. The van der Waals surface area contributed by atoms with Crippen LogP contribution in [0.2, 0.25) is 0 Å². The van der Waals surface area contributed by atoms with Gasteiger partial charge in [0.25, 0.3) is 0 Å². The standard InChI is InChI=1S/C18H25NO7/c1-25-7-8-26-12-15(18(23)24)10-14(17(22)19-11-16(20)21)9-13-5-3-2-4-6-13/h2-6,14-15H,7-12H2,1H3,(H,19,22)(H,20,21)(H,23,24). The van der Waals surface area contributed by atoms with Crippen LogP contribution in [0.15, 0.2) is 30.3 Å². The van der Waals surface area contributed by atoms with E-state index in [2.05, 4.69) is 5.32 Å². The van der Waals surface area contributed by atoms with Crippen molar-refractivity contribution in [2.75, 3.05) is 33.5 Å². The molecule has 1 aromatic rings. The Balaban J connectivity index is 2.78. The minimum absolute atomic E-state index is 0.0443. The Morgan fingerprint density at radius 3 is 2.35 bits per heavy atom. The molecule has 0 saturated carbocycles. The van der Waals surface area contributed by atoms with Crippen LogP contribution in [0.1, 0.15) is 12.0 Å². The fraction of sp³-hybridized carbons (Fsp3) is 0.500. The van der Waals surface area contributed by atoms with Crippen molar-refractivity contribution in [1.29, 1.82) is 0 Å². The molecular weight excluding hydrogens is 342 g/mol. The van der Waals surface area contributed by atoms with Gasteiger partial charge in [-0.25, -0.2) is 0 Å². The Kier molecular flexibility index (Phi) is 9.96. The van der Waals surface area contributed by atoms with Crippen molar-refractivity contribution in [2.45, 2.75) is 12.8 Å². The van der Waals surface area contributed by atoms with Crippen LogP contribution in [-0.4, -0.2) is 61.5 Å². The van der Waals surface area contributed by atoms with Crippen LogP contribution in [0.5, 0.6) is 0 Å². The van der Waals surface area contributed by atoms with E-state index in [1.54, 1.807) is 0 Å². The molecule has 0 saturated heterocycles. The zero-order valence-corrected chi connectivity index (χ0v) is 14.7. The SMILES string of the molecule is COCCOCC(CC(Cc1ccccc1)C(=O)NCC(=O)O)C(=O)O. The zero-order chi connectivity index (χ0) is 19.4. The van der Waals surface area contributed by atoms with E-state index in [0.29, 0.717) is 13.0 Å². The minimum atomic E-state index is -1.16. The van der Waals surface area contributed by atoms with Crippen molar-refractivity contribution in [3.63, 3.8) is 0 Å². The second-order valence-corrected chi connectivity index (χ2v) is 5.84. The van der Waals surface area contributed by atoms with E-state index in [9.17, 15) is 19.5 Å². The first-order chi connectivity index (χ1) is 12.4. The summed E-state index contributed by atoms with van der Waals surface area (Å²) in [5.74, 6) is -4.26. The number of benzene rings is 1. The lowest BCUT2D eigenvalue weighted by Gasteiger charge is -2.20.